The normalized spacial score (nSPS) is 20.9. The Morgan fingerprint density at radius 2 is 2.09 bits per heavy atom. The van der Waals surface area contributed by atoms with E-state index in [1.807, 2.05) is 11.8 Å². The Bertz CT molecular complexity index is 591. The number of carbonyl (C=O) groups excluding carboxylic acids is 2. The number of nitrogens with zero attached hydrogens (tertiary/aromatic N) is 1. The summed E-state index contributed by atoms with van der Waals surface area (Å²) in [5, 5.41) is 3.34. The second kappa shape index (κ2) is 7.32. The lowest BCUT2D eigenvalue weighted by molar-refractivity contribution is -0.119. The molecule has 3 N–H and O–H groups in total. The molecule has 1 aliphatic heterocycles. The van der Waals surface area contributed by atoms with Crippen LogP contribution in [-0.2, 0) is 4.79 Å². The summed E-state index contributed by atoms with van der Waals surface area (Å²) >= 11 is 0. The number of benzene rings is 1. The Hall–Kier alpha value is -2.28. The molecule has 1 aliphatic rings. The third-order valence-electron chi connectivity index (χ3n) is 4.08. The molecular weight excluding hydrogens is 298 g/mol. The second-order valence-electron chi connectivity index (χ2n) is 5.60. The van der Waals surface area contributed by atoms with Gasteiger partial charge in [-0.25, -0.2) is 0 Å². The zero-order chi connectivity index (χ0) is 17.0. The highest BCUT2D eigenvalue weighted by Crippen LogP contribution is 2.29. The van der Waals surface area contributed by atoms with E-state index in [2.05, 4.69) is 12.2 Å². The maximum absolute atomic E-state index is 12.7. The molecule has 2 atom stereocenters. The van der Waals surface area contributed by atoms with Gasteiger partial charge in [-0.3, -0.25) is 9.59 Å². The smallest absolute Gasteiger partial charge is 0.255 e. The quantitative estimate of drug-likeness (QED) is 0.818. The van der Waals surface area contributed by atoms with Crippen molar-refractivity contribution < 1.29 is 19.1 Å². The second-order valence-corrected chi connectivity index (χ2v) is 5.60. The Labute approximate surface area is 135 Å². The Morgan fingerprint density at radius 1 is 1.35 bits per heavy atom. The predicted molar refractivity (Wildman–Crippen MR) is 85.6 cm³/mol. The van der Waals surface area contributed by atoms with Crippen LogP contribution in [0.1, 0.15) is 24.2 Å². The van der Waals surface area contributed by atoms with Crippen LogP contribution in [0.3, 0.4) is 0 Å². The minimum absolute atomic E-state index is 0.0504. The number of nitrogens with two attached hydrogens (primary N) is 1. The van der Waals surface area contributed by atoms with Crippen molar-refractivity contribution in [3.05, 3.63) is 23.8 Å². The number of methoxy groups -OCH3 is 1. The van der Waals surface area contributed by atoms with Crippen molar-refractivity contribution in [3.8, 4) is 11.5 Å². The highest BCUT2D eigenvalue weighted by molar-refractivity contribution is 5.95. The summed E-state index contributed by atoms with van der Waals surface area (Å²) < 4.78 is 10.5. The highest BCUT2D eigenvalue weighted by atomic mass is 16.5. The van der Waals surface area contributed by atoms with Crippen LogP contribution < -0.4 is 20.5 Å². The maximum atomic E-state index is 12.7. The lowest BCUT2D eigenvalue weighted by atomic mass is 10.1. The fraction of sp³-hybridized carbons (Fsp3) is 0.500. The first kappa shape index (κ1) is 17.1. The number of piperazine rings is 1. The number of nitrogens with one attached hydrogen (secondary N) is 1. The minimum atomic E-state index is -0.573. The molecule has 2 rings (SSSR count). The summed E-state index contributed by atoms with van der Waals surface area (Å²) in [5.74, 6) is 0.152. The molecule has 1 heterocycles. The largest absolute Gasteiger partial charge is 0.493 e. The first-order chi connectivity index (χ1) is 10.9. The van der Waals surface area contributed by atoms with E-state index in [0.29, 0.717) is 23.6 Å². The first-order valence-electron chi connectivity index (χ1n) is 7.57. The van der Waals surface area contributed by atoms with Crippen molar-refractivity contribution in [3.63, 3.8) is 0 Å². The van der Waals surface area contributed by atoms with Crippen LogP contribution in [0.15, 0.2) is 18.2 Å². The van der Waals surface area contributed by atoms with Crippen LogP contribution in [0.2, 0.25) is 0 Å². The van der Waals surface area contributed by atoms with Gasteiger partial charge in [0.25, 0.3) is 11.8 Å². The van der Waals surface area contributed by atoms with E-state index < -0.39 is 5.91 Å². The molecule has 0 aliphatic carbocycles. The van der Waals surface area contributed by atoms with Crippen LogP contribution in [0.4, 0.5) is 0 Å². The van der Waals surface area contributed by atoms with Crippen molar-refractivity contribution in [2.24, 2.45) is 5.73 Å². The number of amides is 2. The monoisotopic (exact) mass is 321 g/mol. The number of ether oxygens (including phenoxy) is 2. The number of hydrogen-bond donors (Lipinski definition) is 2. The minimum Gasteiger partial charge on any atom is -0.493 e. The molecule has 0 radical (unpaired) electrons. The molecule has 2 unspecified atom stereocenters. The fourth-order valence-electron chi connectivity index (χ4n) is 2.58. The van der Waals surface area contributed by atoms with E-state index >= 15 is 0 Å². The molecule has 0 saturated carbocycles. The average molecular weight is 321 g/mol. The molecule has 1 fully saturated rings. The molecule has 7 nitrogen and oxygen atoms in total. The first-order valence-corrected chi connectivity index (χ1v) is 7.57. The molecular formula is C16H23N3O4. The van der Waals surface area contributed by atoms with Gasteiger partial charge in [-0.1, -0.05) is 0 Å². The lowest BCUT2D eigenvalue weighted by Crippen LogP contribution is -2.57. The van der Waals surface area contributed by atoms with Gasteiger partial charge in [0.1, 0.15) is 0 Å². The molecule has 0 spiro atoms. The molecule has 126 valence electrons. The molecule has 23 heavy (non-hydrogen) atoms. The standard InChI is InChI=1S/C16H23N3O4/c1-10-11(2)19(7-6-18-10)16(21)12-4-5-13(14(8-12)22-3)23-9-15(17)20/h4-5,8,10-11,18H,6-7,9H2,1-3H3,(H2,17,20). The molecule has 1 aromatic rings. The van der Waals surface area contributed by atoms with Crippen molar-refractivity contribution in [2.45, 2.75) is 25.9 Å². The third-order valence-corrected chi connectivity index (χ3v) is 4.08. The summed E-state index contributed by atoms with van der Waals surface area (Å²) in [5.41, 5.74) is 5.59. The summed E-state index contributed by atoms with van der Waals surface area (Å²) in [6.45, 7) is 5.28. The van der Waals surface area contributed by atoms with E-state index in [0.717, 1.165) is 6.54 Å². The van der Waals surface area contributed by atoms with Gasteiger partial charge in [0.2, 0.25) is 0 Å². The molecule has 1 saturated heterocycles. The SMILES string of the molecule is COc1cc(C(=O)N2CCNC(C)C2C)ccc1OCC(N)=O. The van der Waals surface area contributed by atoms with Gasteiger partial charge in [-0.2, -0.15) is 0 Å². The maximum Gasteiger partial charge on any atom is 0.255 e. The van der Waals surface area contributed by atoms with Gasteiger partial charge in [0.05, 0.1) is 7.11 Å². The van der Waals surface area contributed by atoms with Crippen LogP contribution in [-0.4, -0.2) is 55.6 Å². The number of hydrogen-bond acceptors (Lipinski definition) is 5. The van der Waals surface area contributed by atoms with E-state index in [1.165, 1.54) is 7.11 Å². The number of carbonyl (C=O) groups is 2. The van der Waals surface area contributed by atoms with Gasteiger partial charge in [-0.05, 0) is 32.0 Å². The number of primary amides is 1. The summed E-state index contributed by atoms with van der Waals surface area (Å²) in [4.78, 5) is 25.4. The Morgan fingerprint density at radius 3 is 2.74 bits per heavy atom. The molecule has 0 bridgehead atoms. The topological polar surface area (TPSA) is 93.9 Å². The zero-order valence-electron chi connectivity index (χ0n) is 13.7. The third kappa shape index (κ3) is 3.92. The van der Waals surface area contributed by atoms with Gasteiger partial charge in [-0.15, -0.1) is 0 Å². The van der Waals surface area contributed by atoms with Gasteiger partial charge in [0.15, 0.2) is 18.1 Å². The van der Waals surface area contributed by atoms with Crippen LogP contribution in [0.5, 0.6) is 11.5 Å². The van der Waals surface area contributed by atoms with E-state index in [4.69, 9.17) is 15.2 Å². The van der Waals surface area contributed by atoms with Crippen molar-refractivity contribution in [1.29, 1.82) is 0 Å². The Kier molecular flexibility index (Phi) is 5.44. The summed E-state index contributed by atoms with van der Waals surface area (Å²) in [7, 11) is 1.48. The van der Waals surface area contributed by atoms with Crippen molar-refractivity contribution >= 4 is 11.8 Å². The van der Waals surface area contributed by atoms with E-state index in [1.54, 1.807) is 18.2 Å². The highest BCUT2D eigenvalue weighted by Gasteiger charge is 2.29. The molecule has 7 heteroatoms. The Balaban J connectivity index is 2.19. The molecule has 2 amide bonds. The van der Waals surface area contributed by atoms with Crippen molar-refractivity contribution in [2.75, 3.05) is 26.8 Å². The summed E-state index contributed by atoms with van der Waals surface area (Å²) in [6.07, 6.45) is 0. The summed E-state index contributed by atoms with van der Waals surface area (Å²) in [6, 6.07) is 5.25. The fourth-order valence-corrected chi connectivity index (χ4v) is 2.58. The molecule has 0 aromatic heterocycles. The van der Waals surface area contributed by atoms with Crippen LogP contribution >= 0.6 is 0 Å². The van der Waals surface area contributed by atoms with E-state index in [-0.39, 0.29) is 24.6 Å². The van der Waals surface area contributed by atoms with Crippen LogP contribution in [0, 0.1) is 0 Å². The number of rotatable bonds is 5. The predicted octanol–water partition coefficient (Wildman–Crippen LogP) is 0.382. The van der Waals surface area contributed by atoms with Gasteiger partial charge in [0, 0.05) is 30.7 Å². The van der Waals surface area contributed by atoms with Crippen LogP contribution in [0.25, 0.3) is 0 Å². The molecule has 1 aromatic carbocycles. The van der Waals surface area contributed by atoms with Gasteiger partial charge < -0.3 is 25.4 Å². The van der Waals surface area contributed by atoms with Crippen molar-refractivity contribution in [1.82, 2.24) is 10.2 Å². The van der Waals surface area contributed by atoms with E-state index in [9.17, 15) is 9.59 Å². The zero-order valence-corrected chi connectivity index (χ0v) is 13.7. The van der Waals surface area contributed by atoms with Gasteiger partial charge >= 0.3 is 0 Å². The lowest BCUT2D eigenvalue weighted by Gasteiger charge is -2.38. The average Bonchev–Trinajstić information content (AvgIpc) is 2.54.